The van der Waals surface area contributed by atoms with Gasteiger partial charge in [0.25, 0.3) is 5.91 Å². The van der Waals surface area contributed by atoms with Gasteiger partial charge in [-0.05, 0) is 44.7 Å². The van der Waals surface area contributed by atoms with Crippen molar-refractivity contribution in [2.75, 3.05) is 12.0 Å². The second-order valence-electron chi connectivity index (χ2n) is 7.61. The second kappa shape index (κ2) is 6.63. The summed E-state index contributed by atoms with van der Waals surface area (Å²) in [5.41, 5.74) is 2.07. The number of nitrogens with zero attached hydrogens (tertiary/aromatic N) is 1. The van der Waals surface area contributed by atoms with Crippen LogP contribution in [0.25, 0.3) is 0 Å². The molecular formula is C19H24N2O5. The minimum absolute atomic E-state index is 0.310. The highest BCUT2D eigenvalue weighted by Crippen LogP contribution is 2.39. The number of hydrogen-bond donors (Lipinski definition) is 1. The number of anilines is 1. The van der Waals surface area contributed by atoms with E-state index >= 15 is 0 Å². The largest absolute Gasteiger partial charge is 0.467 e. The van der Waals surface area contributed by atoms with Crippen LogP contribution in [0.5, 0.6) is 0 Å². The standard InChI is InChI=1S/C19H24N2O5/c1-19(2,3)26-18(24)20-13-9-8-11-6-5-7-12-10-14(17(23)25-4)21(15(11)12)16(13)22/h5-7,13-14H,8-10H2,1-4H3,(H,20,24). The van der Waals surface area contributed by atoms with Gasteiger partial charge in [-0.25, -0.2) is 9.59 Å². The van der Waals surface area contributed by atoms with Crippen molar-refractivity contribution in [3.8, 4) is 0 Å². The first kappa shape index (κ1) is 18.2. The molecule has 0 saturated carbocycles. The lowest BCUT2D eigenvalue weighted by Crippen LogP contribution is -2.53. The number of methoxy groups -OCH3 is 1. The number of rotatable bonds is 2. The molecule has 0 spiro atoms. The first-order valence-corrected chi connectivity index (χ1v) is 8.72. The van der Waals surface area contributed by atoms with E-state index in [0.29, 0.717) is 19.3 Å². The Labute approximate surface area is 152 Å². The van der Waals surface area contributed by atoms with E-state index in [1.54, 1.807) is 20.8 Å². The smallest absolute Gasteiger partial charge is 0.408 e. The molecule has 3 rings (SSSR count). The van der Waals surface area contributed by atoms with Crippen LogP contribution < -0.4 is 10.2 Å². The summed E-state index contributed by atoms with van der Waals surface area (Å²) < 4.78 is 10.2. The molecule has 2 aliphatic rings. The Balaban J connectivity index is 1.90. The van der Waals surface area contributed by atoms with Gasteiger partial charge in [-0.2, -0.15) is 0 Å². The fourth-order valence-electron chi connectivity index (χ4n) is 3.54. The number of esters is 1. The molecule has 1 aromatic rings. The maximum absolute atomic E-state index is 13.2. The Morgan fingerprint density at radius 1 is 1.23 bits per heavy atom. The molecule has 0 aromatic heterocycles. The van der Waals surface area contributed by atoms with Crippen LogP contribution in [0.1, 0.15) is 38.3 Å². The number of carbonyl (C=O) groups is 3. The second-order valence-corrected chi connectivity index (χ2v) is 7.61. The summed E-state index contributed by atoms with van der Waals surface area (Å²) in [6.45, 7) is 5.28. The summed E-state index contributed by atoms with van der Waals surface area (Å²) >= 11 is 0. The zero-order chi connectivity index (χ0) is 19.1. The van der Waals surface area contributed by atoms with E-state index in [0.717, 1.165) is 16.8 Å². The van der Waals surface area contributed by atoms with Crippen molar-refractivity contribution < 1.29 is 23.9 Å². The lowest BCUT2D eigenvalue weighted by Gasteiger charge is -2.27. The van der Waals surface area contributed by atoms with Crippen LogP contribution in [0.3, 0.4) is 0 Å². The van der Waals surface area contributed by atoms with Crippen LogP contribution >= 0.6 is 0 Å². The van der Waals surface area contributed by atoms with Crippen molar-refractivity contribution >= 4 is 23.7 Å². The maximum atomic E-state index is 13.2. The number of nitrogens with one attached hydrogen (secondary N) is 1. The van der Waals surface area contributed by atoms with Crippen molar-refractivity contribution in [3.63, 3.8) is 0 Å². The topological polar surface area (TPSA) is 84.9 Å². The van der Waals surface area contributed by atoms with E-state index in [2.05, 4.69) is 5.32 Å². The van der Waals surface area contributed by atoms with Gasteiger partial charge in [0.2, 0.25) is 0 Å². The predicted molar refractivity (Wildman–Crippen MR) is 94.9 cm³/mol. The maximum Gasteiger partial charge on any atom is 0.408 e. The summed E-state index contributed by atoms with van der Waals surface area (Å²) in [6, 6.07) is 4.34. The summed E-state index contributed by atoms with van der Waals surface area (Å²) in [6.07, 6.45) is 0.843. The van der Waals surface area contributed by atoms with E-state index in [9.17, 15) is 14.4 Å². The Morgan fingerprint density at radius 2 is 1.92 bits per heavy atom. The van der Waals surface area contributed by atoms with Gasteiger partial charge >= 0.3 is 12.1 Å². The van der Waals surface area contributed by atoms with E-state index in [1.165, 1.54) is 12.0 Å². The quantitative estimate of drug-likeness (QED) is 0.815. The average Bonchev–Trinajstić information content (AvgIpc) is 2.89. The van der Waals surface area contributed by atoms with Gasteiger partial charge in [-0.15, -0.1) is 0 Å². The zero-order valence-electron chi connectivity index (χ0n) is 15.5. The molecule has 0 fully saturated rings. The van der Waals surface area contributed by atoms with E-state index in [1.807, 2.05) is 18.2 Å². The van der Waals surface area contributed by atoms with Gasteiger partial charge in [0.05, 0.1) is 12.8 Å². The van der Waals surface area contributed by atoms with Gasteiger partial charge in [0.1, 0.15) is 17.7 Å². The van der Waals surface area contributed by atoms with Crippen molar-refractivity contribution in [2.45, 2.75) is 57.7 Å². The third kappa shape index (κ3) is 3.38. The number of ether oxygens (including phenoxy) is 2. The fraction of sp³-hybridized carbons (Fsp3) is 0.526. The number of aryl methyl sites for hydroxylation is 1. The molecular weight excluding hydrogens is 336 g/mol. The minimum atomic E-state index is -0.754. The molecule has 2 unspecified atom stereocenters. The number of para-hydroxylation sites is 1. The highest BCUT2D eigenvalue weighted by atomic mass is 16.6. The highest BCUT2D eigenvalue weighted by molar-refractivity contribution is 6.06. The molecule has 2 atom stereocenters. The first-order chi connectivity index (χ1) is 12.2. The molecule has 2 aliphatic heterocycles. The number of hydrogen-bond acceptors (Lipinski definition) is 5. The van der Waals surface area contributed by atoms with E-state index in [-0.39, 0.29) is 5.91 Å². The van der Waals surface area contributed by atoms with Crippen molar-refractivity contribution in [1.29, 1.82) is 0 Å². The molecule has 0 saturated heterocycles. The summed E-state index contributed by atoms with van der Waals surface area (Å²) in [5, 5.41) is 2.66. The SMILES string of the molecule is COC(=O)C1Cc2cccc3c2N1C(=O)C(NC(=O)OC(C)(C)C)CC3. The molecule has 2 heterocycles. The molecule has 7 nitrogen and oxygen atoms in total. The third-order valence-electron chi connectivity index (χ3n) is 4.57. The number of benzene rings is 1. The Hall–Kier alpha value is -2.57. The van der Waals surface area contributed by atoms with Gasteiger partial charge in [0.15, 0.2) is 0 Å². The van der Waals surface area contributed by atoms with Gasteiger partial charge < -0.3 is 14.8 Å². The normalized spacial score (nSPS) is 21.7. The van der Waals surface area contributed by atoms with Gasteiger partial charge in [-0.1, -0.05) is 18.2 Å². The molecule has 2 amide bonds. The zero-order valence-corrected chi connectivity index (χ0v) is 15.5. The lowest BCUT2D eigenvalue weighted by molar-refractivity contribution is -0.143. The van der Waals surface area contributed by atoms with Crippen molar-refractivity contribution in [2.24, 2.45) is 0 Å². The minimum Gasteiger partial charge on any atom is -0.467 e. The number of carbonyl (C=O) groups excluding carboxylic acids is 3. The Morgan fingerprint density at radius 3 is 2.58 bits per heavy atom. The van der Waals surface area contributed by atoms with Crippen LogP contribution in [0.4, 0.5) is 10.5 Å². The monoisotopic (exact) mass is 360 g/mol. The van der Waals surface area contributed by atoms with Crippen LogP contribution in [0, 0.1) is 0 Å². The van der Waals surface area contributed by atoms with Crippen molar-refractivity contribution in [3.05, 3.63) is 29.3 Å². The van der Waals surface area contributed by atoms with Crippen LogP contribution in [0.2, 0.25) is 0 Å². The van der Waals surface area contributed by atoms with Gasteiger partial charge in [0, 0.05) is 6.42 Å². The number of amides is 2. The molecule has 0 aliphatic carbocycles. The van der Waals surface area contributed by atoms with Crippen LogP contribution in [-0.4, -0.2) is 42.8 Å². The molecule has 0 radical (unpaired) electrons. The summed E-state index contributed by atoms with van der Waals surface area (Å²) in [4.78, 5) is 39.0. The van der Waals surface area contributed by atoms with Gasteiger partial charge in [-0.3, -0.25) is 9.69 Å². The molecule has 0 bridgehead atoms. The first-order valence-electron chi connectivity index (χ1n) is 8.72. The molecule has 1 aromatic carbocycles. The highest BCUT2D eigenvalue weighted by Gasteiger charge is 2.44. The molecule has 26 heavy (non-hydrogen) atoms. The number of alkyl carbamates (subject to hydrolysis) is 1. The van der Waals surface area contributed by atoms with E-state index in [4.69, 9.17) is 9.47 Å². The summed E-state index contributed by atoms with van der Waals surface area (Å²) in [7, 11) is 1.31. The van der Waals surface area contributed by atoms with Crippen molar-refractivity contribution in [1.82, 2.24) is 5.32 Å². The fourth-order valence-corrected chi connectivity index (χ4v) is 3.54. The average molecular weight is 360 g/mol. The molecule has 7 heteroatoms. The predicted octanol–water partition coefficient (Wildman–Crippen LogP) is 1.96. The third-order valence-corrected chi connectivity index (χ3v) is 4.57. The molecule has 140 valence electrons. The Bertz CT molecular complexity index is 753. The van der Waals surface area contributed by atoms with E-state index < -0.39 is 29.7 Å². The summed E-state index contributed by atoms with van der Waals surface area (Å²) in [5.74, 6) is -0.770. The van der Waals surface area contributed by atoms with Crippen LogP contribution in [0.15, 0.2) is 18.2 Å². The Kier molecular flexibility index (Phi) is 4.64. The molecule has 1 N–H and O–H groups in total. The van der Waals surface area contributed by atoms with Crippen LogP contribution in [-0.2, 0) is 31.9 Å². The lowest BCUT2D eigenvalue weighted by atomic mass is 10.0.